The number of nitrogens with two attached hydrogens (primary N) is 1. The van der Waals surface area contributed by atoms with E-state index in [-0.39, 0.29) is 0 Å². The monoisotopic (exact) mass is 300 g/mol. The first-order valence-electron chi connectivity index (χ1n) is 5.70. The zero-order valence-electron chi connectivity index (χ0n) is 11.1. The van der Waals surface area contributed by atoms with Gasteiger partial charge in [-0.1, -0.05) is 18.2 Å². The average Bonchev–Trinajstić information content (AvgIpc) is 2.35. The molecule has 0 bridgehead atoms. The summed E-state index contributed by atoms with van der Waals surface area (Å²) < 4.78 is 26.9. The molecule has 0 saturated heterocycles. The molecule has 1 atom stereocenters. The number of carbonyl (C=O) groups is 2. The van der Waals surface area contributed by atoms with Gasteiger partial charge in [-0.3, -0.25) is 13.8 Å². The molecular weight excluding hydrogens is 284 g/mol. The summed E-state index contributed by atoms with van der Waals surface area (Å²) in [6.45, 7) is 0. The zero-order valence-corrected chi connectivity index (χ0v) is 12.0. The van der Waals surface area contributed by atoms with E-state index in [1.807, 2.05) is 0 Å². The molecule has 0 aliphatic carbocycles. The van der Waals surface area contributed by atoms with E-state index >= 15 is 0 Å². The summed E-state index contributed by atoms with van der Waals surface area (Å²) in [5.74, 6) is -1.49. The molecule has 0 fully saturated rings. The van der Waals surface area contributed by atoms with Crippen molar-refractivity contribution in [3.63, 3.8) is 0 Å². The molecule has 2 amide bonds. The third-order valence-electron chi connectivity index (χ3n) is 2.43. The quantitative estimate of drug-likeness (QED) is 0.736. The van der Waals surface area contributed by atoms with Gasteiger partial charge in [0.25, 0.3) is 16.0 Å². The zero-order chi connectivity index (χ0) is 15.3. The Balaban J connectivity index is 2.95. The summed E-state index contributed by atoms with van der Waals surface area (Å²) in [4.78, 5) is 24.3. The first kappa shape index (κ1) is 16.1. The van der Waals surface area contributed by atoms with Gasteiger partial charge in [-0.25, -0.2) is 0 Å². The molecule has 0 aliphatic rings. The van der Waals surface area contributed by atoms with Crippen LogP contribution < -0.4 is 10.6 Å². The number of carbonyl (C=O) groups excluding carboxylic acids is 2. The highest BCUT2D eigenvalue weighted by atomic mass is 32.2. The molecule has 7 nitrogen and oxygen atoms in total. The fourth-order valence-corrected chi connectivity index (χ4v) is 2.12. The lowest BCUT2D eigenvalue weighted by Gasteiger charge is -2.22. The van der Waals surface area contributed by atoms with Gasteiger partial charge in [-0.15, -0.1) is 0 Å². The third-order valence-corrected chi connectivity index (χ3v) is 3.01. The molecule has 0 saturated carbocycles. The van der Waals surface area contributed by atoms with Gasteiger partial charge in [0, 0.05) is 12.7 Å². The number of anilines is 1. The van der Waals surface area contributed by atoms with Crippen LogP contribution in [0.2, 0.25) is 0 Å². The van der Waals surface area contributed by atoms with Crippen molar-refractivity contribution >= 4 is 27.6 Å². The van der Waals surface area contributed by atoms with Crippen LogP contribution in [0.5, 0.6) is 0 Å². The minimum atomic E-state index is -3.88. The van der Waals surface area contributed by atoms with E-state index in [9.17, 15) is 18.0 Å². The molecular formula is C12H16N2O5S. The van der Waals surface area contributed by atoms with Gasteiger partial charge in [-0.2, -0.15) is 8.42 Å². The van der Waals surface area contributed by atoms with Gasteiger partial charge in [0.2, 0.25) is 5.91 Å². The normalized spacial score (nSPS) is 12.7. The maximum absolute atomic E-state index is 12.2. The van der Waals surface area contributed by atoms with Crippen LogP contribution in [-0.2, 0) is 23.9 Å². The van der Waals surface area contributed by atoms with E-state index in [1.165, 1.54) is 11.9 Å². The van der Waals surface area contributed by atoms with Crippen LogP contribution in [0.4, 0.5) is 5.69 Å². The minimum Gasteiger partial charge on any atom is -0.370 e. The number of benzene rings is 1. The second-order valence-electron chi connectivity index (χ2n) is 4.19. The lowest BCUT2D eigenvalue weighted by atomic mass is 10.2. The van der Waals surface area contributed by atoms with Crippen molar-refractivity contribution in [2.75, 3.05) is 18.2 Å². The van der Waals surface area contributed by atoms with Crippen molar-refractivity contribution in [2.24, 2.45) is 5.73 Å². The molecule has 1 aromatic rings. The Kier molecular flexibility index (Phi) is 5.23. The van der Waals surface area contributed by atoms with Gasteiger partial charge in [-0.05, 0) is 12.1 Å². The van der Waals surface area contributed by atoms with E-state index < -0.39 is 34.5 Å². The Labute approximate surface area is 117 Å². The summed E-state index contributed by atoms with van der Waals surface area (Å²) >= 11 is 0. The maximum Gasteiger partial charge on any atom is 0.265 e. The Morgan fingerprint density at radius 2 is 1.85 bits per heavy atom. The fourth-order valence-electron chi connectivity index (χ4n) is 1.55. The van der Waals surface area contributed by atoms with Gasteiger partial charge in [0.05, 0.1) is 12.7 Å². The SMILES string of the molecule is CN(C(=O)[C@H](CC(N)=O)OS(C)(=O)=O)c1ccccc1. The Hall–Kier alpha value is -1.93. The van der Waals surface area contributed by atoms with Crippen LogP contribution in [0.25, 0.3) is 0 Å². The van der Waals surface area contributed by atoms with E-state index in [0.29, 0.717) is 5.69 Å². The number of nitrogens with zero attached hydrogens (tertiary/aromatic N) is 1. The third kappa shape index (κ3) is 4.98. The Morgan fingerprint density at radius 1 is 1.30 bits per heavy atom. The van der Waals surface area contributed by atoms with Crippen molar-refractivity contribution in [2.45, 2.75) is 12.5 Å². The van der Waals surface area contributed by atoms with Crippen LogP contribution in [0, 0.1) is 0 Å². The predicted molar refractivity (Wildman–Crippen MR) is 73.4 cm³/mol. The van der Waals surface area contributed by atoms with Crippen LogP contribution >= 0.6 is 0 Å². The number of likely N-dealkylation sites (N-methyl/N-ethyl adjacent to an activating group) is 1. The molecule has 110 valence electrons. The number of para-hydroxylation sites is 1. The Bertz CT molecular complexity index is 585. The number of amides is 2. The van der Waals surface area contributed by atoms with Crippen molar-refractivity contribution in [3.8, 4) is 0 Å². The molecule has 20 heavy (non-hydrogen) atoms. The molecule has 0 spiro atoms. The van der Waals surface area contributed by atoms with Crippen molar-refractivity contribution in [3.05, 3.63) is 30.3 Å². The molecule has 0 radical (unpaired) electrons. The van der Waals surface area contributed by atoms with Gasteiger partial charge in [0.1, 0.15) is 0 Å². The molecule has 0 aromatic heterocycles. The second-order valence-corrected chi connectivity index (χ2v) is 5.79. The van der Waals surface area contributed by atoms with Gasteiger partial charge < -0.3 is 10.6 Å². The highest BCUT2D eigenvalue weighted by Gasteiger charge is 2.29. The number of primary amides is 1. The smallest absolute Gasteiger partial charge is 0.265 e. The van der Waals surface area contributed by atoms with Crippen molar-refractivity contribution < 1.29 is 22.2 Å². The lowest BCUT2D eigenvalue weighted by Crippen LogP contribution is -2.41. The summed E-state index contributed by atoms with van der Waals surface area (Å²) in [6, 6.07) is 8.55. The van der Waals surface area contributed by atoms with E-state index in [4.69, 9.17) is 5.73 Å². The number of rotatable bonds is 6. The highest BCUT2D eigenvalue weighted by Crippen LogP contribution is 2.15. The number of hydrogen-bond donors (Lipinski definition) is 1. The first-order valence-corrected chi connectivity index (χ1v) is 7.51. The molecule has 0 unspecified atom stereocenters. The topological polar surface area (TPSA) is 107 Å². The predicted octanol–water partition coefficient (Wildman–Crippen LogP) is -0.130. The van der Waals surface area contributed by atoms with Crippen LogP contribution in [-0.4, -0.2) is 39.6 Å². The summed E-state index contributed by atoms with van der Waals surface area (Å²) in [5.41, 5.74) is 5.55. The molecule has 1 aromatic carbocycles. The molecule has 2 N–H and O–H groups in total. The van der Waals surface area contributed by atoms with Crippen LogP contribution in [0.3, 0.4) is 0 Å². The summed E-state index contributed by atoms with van der Waals surface area (Å²) in [7, 11) is -2.43. The summed E-state index contributed by atoms with van der Waals surface area (Å²) in [6.07, 6.45) is -1.17. The first-order chi connectivity index (χ1) is 9.20. The van der Waals surface area contributed by atoms with Gasteiger partial charge >= 0.3 is 0 Å². The molecule has 0 heterocycles. The van der Waals surface area contributed by atoms with E-state index in [0.717, 1.165) is 6.26 Å². The van der Waals surface area contributed by atoms with Crippen molar-refractivity contribution in [1.29, 1.82) is 0 Å². The van der Waals surface area contributed by atoms with Crippen LogP contribution in [0.15, 0.2) is 30.3 Å². The largest absolute Gasteiger partial charge is 0.370 e. The fraction of sp³-hybridized carbons (Fsp3) is 0.333. The molecule has 1 rings (SSSR count). The van der Waals surface area contributed by atoms with Crippen molar-refractivity contribution in [1.82, 2.24) is 0 Å². The minimum absolute atomic E-state index is 0.511. The average molecular weight is 300 g/mol. The van der Waals surface area contributed by atoms with E-state index in [2.05, 4.69) is 4.18 Å². The molecule has 8 heteroatoms. The number of hydrogen-bond acceptors (Lipinski definition) is 5. The van der Waals surface area contributed by atoms with Gasteiger partial charge in [0.15, 0.2) is 6.10 Å². The summed E-state index contributed by atoms with van der Waals surface area (Å²) in [5, 5.41) is 0. The maximum atomic E-state index is 12.2. The second kappa shape index (κ2) is 6.49. The standard InChI is InChI=1S/C12H16N2O5S/c1-14(9-6-4-3-5-7-9)12(16)10(8-11(13)15)19-20(2,17)18/h3-7,10H,8H2,1-2H3,(H2,13,15)/t10-/m0/s1. The molecule has 0 aliphatic heterocycles. The highest BCUT2D eigenvalue weighted by molar-refractivity contribution is 7.86. The van der Waals surface area contributed by atoms with Crippen LogP contribution in [0.1, 0.15) is 6.42 Å². The Morgan fingerprint density at radius 3 is 2.30 bits per heavy atom. The lowest BCUT2D eigenvalue weighted by molar-refractivity contribution is -0.129. The van der Waals surface area contributed by atoms with E-state index in [1.54, 1.807) is 30.3 Å².